The normalized spacial score (nSPS) is 22.4. The molecule has 0 atom stereocenters. The Bertz CT molecular complexity index is 347. The van der Waals surface area contributed by atoms with Crippen LogP contribution in [0, 0.1) is 0 Å². The molecule has 6 heteroatoms. The third kappa shape index (κ3) is 5.19. The molecule has 128 valence electrons. The fourth-order valence-corrected chi connectivity index (χ4v) is 6.07. The van der Waals surface area contributed by atoms with Gasteiger partial charge in [0, 0.05) is 30.9 Å². The van der Waals surface area contributed by atoms with Gasteiger partial charge in [-0.15, -0.1) is 0 Å². The van der Waals surface area contributed by atoms with E-state index in [9.17, 15) is 4.79 Å². The number of carbonyl (C=O) groups is 1. The lowest BCUT2D eigenvalue weighted by molar-refractivity contribution is -0.145. The van der Waals surface area contributed by atoms with Crippen molar-refractivity contribution in [2.75, 3.05) is 19.8 Å². The summed E-state index contributed by atoms with van der Waals surface area (Å²) in [4.78, 5) is 11.6. The van der Waals surface area contributed by atoms with E-state index < -0.39 is 8.80 Å². The van der Waals surface area contributed by atoms with Crippen molar-refractivity contribution in [2.24, 2.45) is 0 Å². The maximum atomic E-state index is 11.6. The van der Waals surface area contributed by atoms with Crippen molar-refractivity contribution in [1.82, 2.24) is 0 Å². The number of esters is 1. The van der Waals surface area contributed by atoms with Crippen LogP contribution < -0.4 is 0 Å². The number of carbonyl (C=O) groups excluding carboxylic acids is 1. The Labute approximate surface area is 135 Å². The second-order valence-electron chi connectivity index (χ2n) is 5.56. The van der Waals surface area contributed by atoms with Crippen molar-refractivity contribution < 1.29 is 22.8 Å². The van der Waals surface area contributed by atoms with Gasteiger partial charge in [-0.25, -0.2) is 4.79 Å². The first-order valence-electron chi connectivity index (χ1n) is 8.27. The summed E-state index contributed by atoms with van der Waals surface area (Å²) in [5, 5.41) is 0. The highest BCUT2D eigenvalue weighted by molar-refractivity contribution is 6.62. The SMILES string of the molecule is C=C(C)C(=O)OC1CCC([Si](OCC)(OCC)OCC)CC1. The quantitative estimate of drug-likeness (QED) is 0.368. The van der Waals surface area contributed by atoms with Crippen LogP contribution in [-0.4, -0.2) is 40.7 Å². The topological polar surface area (TPSA) is 54.0 Å². The number of rotatable bonds is 9. The molecule has 5 nitrogen and oxygen atoms in total. The summed E-state index contributed by atoms with van der Waals surface area (Å²) in [5.41, 5.74) is 0.732. The number of ether oxygens (including phenoxy) is 1. The first-order valence-corrected chi connectivity index (χ1v) is 10.1. The first-order chi connectivity index (χ1) is 10.5. The van der Waals surface area contributed by atoms with Crippen LogP contribution in [0.15, 0.2) is 12.2 Å². The van der Waals surface area contributed by atoms with Crippen molar-refractivity contribution in [1.29, 1.82) is 0 Å². The molecule has 1 aliphatic carbocycles. The van der Waals surface area contributed by atoms with Crippen LogP contribution in [0.5, 0.6) is 0 Å². The monoisotopic (exact) mass is 330 g/mol. The Morgan fingerprint density at radius 1 is 1.00 bits per heavy atom. The summed E-state index contributed by atoms with van der Waals surface area (Å²) in [6.45, 7) is 13.0. The van der Waals surface area contributed by atoms with E-state index in [4.69, 9.17) is 18.0 Å². The zero-order valence-corrected chi connectivity index (χ0v) is 15.4. The molecule has 0 saturated heterocycles. The molecule has 0 amide bonds. The molecule has 0 radical (unpaired) electrons. The Balaban J connectivity index is 2.65. The van der Waals surface area contributed by atoms with Gasteiger partial charge in [0.15, 0.2) is 0 Å². The standard InChI is InChI=1S/C16H30O5Si/c1-6-18-22(19-7-2,20-8-3)15-11-9-14(10-12-15)21-16(17)13(4)5/h14-15H,4,6-12H2,1-3,5H3. The Hall–Kier alpha value is -0.693. The zero-order valence-electron chi connectivity index (χ0n) is 14.4. The van der Waals surface area contributed by atoms with Gasteiger partial charge in [-0.05, 0) is 53.4 Å². The van der Waals surface area contributed by atoms with E-state index in [1.807, 2.05) is 20.8 Å². The molecule has 1 fully saturated rings. The van der Waals surface area contributed by atoms with Gasteiger partial charge in [-0.2, -0.15) is 0 Å². The van der Waals surface area contributed by atoms with Crippen LogP contribution in [0.2, 0.25) is 5.54 Å². The molecule has 0 N–H and O–H groups in total. The Morgan fingerprint density at radius 2 is 1.45 bits per heavy atom. The van der Waals surface area contributed by atoms with Gasteiger partial charge >= 0.3 is 14.8 Å². The highest BCUT2D eigenvalue weighted by atomic mass is 28.4. The minimum atomic E-state index is -2.64. The lowest BCUT2D eigenvalue weighted by Crippen LogP contribution is -2.51. The van der Waals surface area contributed by atoms with E-state index >= 15 is 0 Å². The molecule has 1 aliphatic rings. The highest BCUT2D eigenvalue weighted by Gasteiger charge is 2.50. The van der Waals surface area contributed by atoms with Gasteiger partial charge < -0.3 is 18.0 Å². The molecule has 1 rings (SSSR count). The minimum Gasteiger partial charge on any atom is -0.459 e. The average molecular weight is 330 g/mol. The zero-order chi connectivity index (χ0) is 16.6. The maximum Gasteiger partial charge on any atom is 0.504 e. The molecule has 1 saturated carbocycles. The van der Waals surface area contributed by atoms with E-state index in [1.165, 1.54) is 0 Å². The van der Waals surface area contributed by atoms with Crippen LogP contribution in [0.25, 0.3) is 0 Å². The van der Waals surface area contributed by atoms with Crippen molar-refractivity contribution in [3.8, 4) is 0 Å². The average Bonchev–Trinajstić information content (AvgIpc) is 2.48. The van der Waals surface area contributed by atoms with Gasteiger partial charge in [0.25, 0.3) is 0 Å². The molecule has 0 spiro atoms. The van der Waals surface area contributed by atoms with E-state index in [2.05, 4.69) is 6.58 Å². The van der Waals surface area contributed by atoms with Crippen molar-refractivity contribution in [2.45, 2.75) is 65.0 Å². The van der Waals surface area contributed by atoms with Crippen LogP contribution in [0.3, 0.4) is 0 Å². The van der Waals surface area contributed by atoms with Crippen molar-refractivity contribution in [3.05, 3.63) is 12.2 Å². The second-order valence-corrected chi connectivity index (χ2v) is 8.45. The van der Waals surface area contributed by atoms with Gasteiger partial charge in [0.1, 0.15) is 6.10 Å². The third-order valence-corrected chi connectivity index (χ3v) is 7.48. The lowest BCUT2D eigenvalue weighted by atomic mass is 9.97. The Morgan fingerprint density at radius 3 is 1.82 bits per heavy atom. The summed E-state index contributed by atoms with van der Waals surface area (Å²) in [7, 11) is -2.64. The summed E-state index contributed by atoms with van der Waals surface area (Å²) in [6, 6.07) is 0. The van der Waals surface area contributed by atoms with Gasteiger partial charge in [0.05, 0.1) is 0 Å². The van der Waals surface area contributed by atoms with E-state index in [0.29, 0.717) is 25.4 Å². The lowest BCUT2D eigenvalue weighted by Gasteiger charge is -2.38. The smallest absolute Gasteiger partial charge is 0.459 e. The van der Waals surface area contributed by atoms with E-state index in [-0.39, 0.29) is 17.6 Å². The molecular formula is C16H30O5Si. The molecule has 0 aromatic heterocycles. The van der Waals surface area contributed by atoms with Crippen LogP contribution in [0.4, 0.5) is 0 Å². The summed E-state index contributed by atoms with van der Waals surface area (Å²) < 4.78 is 23.4. The summed E-state index contributed by atoms with van der Waals surface area (Å²) >= 11 is 0. The fraction of sp³-hybridized carbons (Fsp3) is 0.812. The first kappa shape index (κ1) is 19.4. The number of hydrogen-bond acceptors (Lipinski definition) is 5. The van der Waals surface area contributed by atoms with E-state index in [0.717, 1.165) is 25.7 Å². The molecule has 0 aromatic carbocycles. The predicted octanol–water partition coefficient (Wildman–Crippen LogP) is 3.47. The Kier molecular flexibility index (Phi) is 8.31. The van der Waals surface area contributed by atoms with Crippen molar-refractivity contribution in [3.63, 3.8) is 0 Å². The van der Waals surface area contributed by atoms with Gasteiger partial charge in [0.2, 0.25) is 0 Å². The molecule has 0 bridgehead atoms. The molecule has 0 unspecified atom stereocenters. The summed E-state index contributed by atoms with van der Waals surface area (Å²) in [5.74, 6) is -0.300. The molecule has 0 aliphatic heterocycles. The van der Waals surface area contributed by atoms with Crippen molar-refractivity contribution >= 4 is 14.8 Å². The number of hydrogen-bond donors (Lipinski definition) is 0. The second kappa shape index (κ2) is 9.45. The van der Waals surface area contributed by atoms with Gasteiger partial charge in [-0.3, -0.25) is 0 Å². The van der Waals surface area contributed by atoms with Crippen LogP contribution in [0.1, 0.15) is 53.4 Å². The predicted molar refractivity (Wildman–Crippen MR) is 87.5 cm³/mol. The maximum absolute atomic E-state index is 11.6. The molecule has 0 heterocycles. The molecule has 22 heavy (non-hydrogen) atoms. The highest BCUT2D eigenvalue weighted by Crippen LogP contribution is 2.40. The van der Waals surface area contributed by atoms with E-state index in [1.54, 1.807) is 6.92 Å². The summed E-state index contributed by atoms with van der Waals surface area (Å²) in [6.07, 6.45) is 3.43. The van der Waals surface area contributed by atoms with Crippen LogP contribution >= 0.6 is 0 Å². The largest absolute Gasteiger partial charge is 0.504 e. The molecular weight excluding hydrogens is 300 g/mol. The molecule has 0 aromatic rings. The van der Waals surface area contributed by atoms with Gasteiger partial charge in [-0.1, -0.05) is 6.58 Å². The minimum absolute atomic E-state index is 0.0305. The van der Waals surface area contributed by atoms with Crippen LogP contribution in [-0.2, 0) is 22.8 Å². The fourth-order valence-electron chi connectivity index (χ4n) is 2.87. The third-order valence-electron chi connectivity index (χ3n) is 3.83.